The lowest BCUT2D eigenvalue weighted by Crippen LogP contribution is -2.09. The molecule has 0 radical (unpaired) electrons. The van der Waals surface area contributed by atoms with Crippen LogP contribution in [0.15, 0.2) is 6.07 Å². The molecule has 0 spiro atoms. The molecule has 0 aromatic heterocycles. The fourth-order valence-corrected chi connectivity index (χ4v) is 1.37. The molecule has 0 fully saturated rings. The highest BCUT2D eigenvalue weighted by Gasteiger charge is 2.35. The Labute approximate surface area is 103 Å². The largest absolute Gasteiger partial charge is 0.417 e. The molecule has 0 saturated carbocycles. The number of nitriles is 1. The fourth-order valence-electron chi connectivity index (χ4n) is 1.11. The standard InChI is InChI=1S/C9H6ClF3N2.C2H6/c1-4-7(10)6(9(11,12)13)2-5(3-14)8(4)15;1-2/h2H,15H2,1H3;1-2H3. The summed E-state index contributed by atoms with van der Waals surface area (Å²) >= 11 is 5.50. The number of nitrogen functional groups attached to an aromatic ring is 1. The summed E-state index contributed by atoms with van der Waals surface area (Å²) in [5.74, 6) is 0. The number of nitrogens with two attached hydrogens (primary N) is 1. The first kappa shape index (κ1) is 15.6. The van der Waals surface area contributed by atoms with Gasteiger partial charge in [0, 0.05) is 0 Å². The molecule has 0 amide bonds. The Morgan fingerprint density at radius 3 is 2.18 bits per heavy atom. The first-order valence-corrected chi connectivity index (χ1v) is 5.22. The Morgan fingerprint density at radius 1 is 1.35 bits per heavy atom. The van der Waals surface area contributed by atoms with Gasteiger partial charge in [-0.2, -0.15) is 18.4 Å². The third kappa shape index (κ3) is 3.27. The Morgan fingerprint density at radius 2 is 1.82 bits per heavy atom. The van der Waals surface area contributed by atoms with Gasteiger partial charge in [0.25, 0.3) is 0 Å². The van der Waals surface area contributed by atoms with Crippen LogP contribution in [0.2, 0.25) is 5.02 Å². The van der Waals surface area contributed by atoms with Gasteiger partial charge < -0.3 is 5.73 Å². The number of nitrogens with zero attached hydrogens (tertiary/aromatic N) is 1. The van der Waals surface area contributed by atoms with Gasteiger partial charge in [-0.05, 0) is 18.6 Å². The zero-order valence-corrected chi connectivity index (χ0v) is 10.4. The molecule has 0 saturated heterocycles. The van der Waals surface area contributed by atoms with Crippen LogP contribution in [-0.2, 0) is 6.18 Å². The zero-order valence-electron chi connectivity index (χ0n) is 9.61. The molecule has 1 aromatic carbocycles. The molecule has 6 heteroatoms. The average Bonchev–Trinajstić information content (AvgIpc) is 2.27. The molecule has 2 nitrogen and oxygen atoms in total. The van der Waals surface area contributed by atoms with Gasteiger partial charge in [-0.1, -0.05) is 25.4 Å². The molecule has 94 valence electrons. The van der Waals surface area contributed by atoms with Crippen LogP contribution in [0.25, 0.3) is 0 Å². The quantitative estimate of drug-likeness (QED) is 0.716. The van der Waals surface area contributed by atoms with E-state index in [-0.39, 0.29) is 16.8 Å². The van der Waals surface area contributed by atoms with Gasteiger partial charge in [0.15, 0.2) is 0 Å². The number of alkyl halides is 3. The van der Waals surface area contributed by atoms with Crippen molar-refractivity contribution in [3.63, 3.8) is 0 Å². The van der Waals surface area contributed by atoms with Gasteiger partial charge in [-0.15, -0.1) is 0 Å². The summed E-state index contributed by atoms with van der Waals surface area (Å²) in [6.07, 6.45) is -4.58. The summed E-state index contributed by atoms with van der Waals surface area (Å²) < 4.78 is 37.3. The van der Waals surface area contributed by atoms with Crippen LogP contribution < -0.4 is 5.73 Å². The maximum absolute atomic E-state index is 12.4. The average molecular weight is 265 g/mol. The SMILES string of the molecule is CC.Cc1c(N)c(C#N)cc(C(F)(F)F)c1Cl. The Kier molecular flexibility index (Phi) is 5.30. The van der Waals surface area contributed by atoms with Gasteiger partial charge in [0.1, 0.15) is 6.07 Å². The summed E-state index contributed by atoms with van der Waals surface area (Å²) in [6, 6.07) is 2.25. The van der Waals surface area contributed by atoms with Crippen molar-refractivity contribution in [3.8, 4) is 6.07 Å². The van der Waals surface area contributed by atoms with E-state index in [1.807, 2.05) is 13.8 Å². The molecule has 0 aliphatic heterocycles. The maximum atomic E-state index is 12.4. The second-order valence-electron chi connectivity index (χ2n) is 2.93. The minimum atomic E-state index is -4.58. The van der Waals surface area contributed by atoms with Gasteiger partial charge in [0.05, 0.1) is 21.8 Å². The number of hydrogen-bond donors (Lipinski definition) is 1. The van der Waals surface area contributed by atoms with Gasteiger partial charge >= 0.3 is 6.18 Å². The van der Waals surface area contributed by atoms with Crippen LogP contribution in [0.5, 0.6) is 0 Å². The summed E-state index contributed by atoms with van der Waals surface area (Å²) in [5, 5.41) is 8.12. The first-order chi connectivity index (χ1) is 7.79. The minimum absolute atomic E-state index is 0.0181. The first-order valence-electron chi connectivity index (χ1n) is 4.85. The molecular formula is C11H12ClF3N2. The molecule has 0 bridgehead atoms. The van der Waals surface area contributed by atoms with Crippen molar-refractivity contribution in [2.45, 2.75) is 26.9 Å². The molecule has 2 N–H and O–H groups in total. The van der Waals surface area contributed by atoms with E-state index in [4.69, 9.17) is 22.6 Å². The van der Waals surface area contributed by atoms with E-state index in [9.17, 15) is 13.2 Å². The second-order valence-corrected chi connectivity index (χ2v) is 3.31. The summed E-state index contributed by atoms with van der Waals surface area (Å²) in [5.41, 5.74) is 4.23. The molecule has 1 aromatic rings. The van der Waals surface area contributed by atoms with Crippen molar-refractivity contribution in [1.29, 1.82) is 5.26 Å². The Balaban J connectivity index is 0.00000121. The lowest BCUT2D eigenvalue weighted by Gasteiger charge is -2.13. The predicted molar refractivity (Wildman–Crippen MR) is 61.7 cm³/mol. The second kappa shape index (κ2) is 5.78. The van der Waals surface area contributed by atoms with Crippen LogP contribution in [0.4, 0.5) is 18.9 Å². The fraction of sp³-hybridized carbons (Fsp3) is 0.364. The highest BCUT2D eigenvalue weighted by Crippen LogP contribution is 2.39. The zero-order chi connectivity index (χ0) is 13.8. The summed E-state index contributed by atoms with van der Waals surface area (Å²) in [6.45, 7) is 5.34. The van der Waals surface area contributed by atoms with Crippen LogP contribution in [0.3, 0.4) is 0 Å². The molecule has 0 aliphatic carbocycles. The molecular weight excluding hydrogens is 253 g/mol. The highest BCUT2D eigenvalue weighted by atomic mass is 35.5. The molecule has 0 atom stereocenters. The summed E-state index contributed by atoms with van der Waals surface area (Å²) in [7, 11) is 0. The van der Waals surface area contributed by atoms with Gasteiger partial charge in [0.2, 0.25) is 0 Å². The van der Waals surface area contributed by atoms with Crippen LogP contribution in [-0.4, -0.2) is 0 Å². The third-order valence-corrected chi connectivity index (χ3v) is 2.46. The van der Waals surface area contributed by atoms with Crippen molar-refractivity contribution in [2.75, 3.05) is 5.73 Å². The number of benzene rings is 1. The minimum Gasteiger partial charge on any atom is -0.397 e. The van der Waals surface area contributed by atoms with Gasteiger partial charge in [-0.3, -0.25) is 0 Å². The molecule has 17 heavy (non-hydrogen) atoms. The van der Waals surface area contributed by atoms with E-state index in [2.05, 4.69) is 0 Å². The Bertz CT molecular complexity index is 448. The number of halogens is 4. The van der Waals surface area contributed by atoms with Crippen LogP contribution >= 0.6 is 11.6 Å². The smallest absolute Gasteiger partial charge is 0.397 e. The topological polar surface area (TPSA) is 49.8 Å². The van der Waals surface area contributed by atoms with E-state index in [0.29, 0.717) is 6.07 Å². The van der Waals surface area contributed by atoms with Crippen LogP contribution in [0.1, 0.15) is 30.5 Å². The van der Waals surface area contributed by atoms with Crippen molar-refractivity contribution in [3.05, 3.63) is 27.8 Å². The molecule has 0 heterocycles. The van der Waals surface area contributed by atoms with E-state index < -0.39 is 16.8 Å². The molecule has 1 rings (SSSR count). The highest BCUT2D eigenvalue weighted by molar-refractivity contribution is 6.32. The maximum Gasteiger partial charge on any atom is 0.417 e. The lowest BCUT2D eigenvalue weighted by molar-refractivity contribution is -0.137. The van der Waals surface area contributed by atoms with E-state index >= 15 is 0 Å². The van der Waals surface area contributed by atoms with Gasteiger partial charge in [-0.25, -0.2) is 0 Å². The van der Waals surface area contributed by atoms with E-state index in [0.717, 1.165) is 0 Å². The van der Waals surface area contributed by atoms with Crippen molar-refractivity contribution in [1.82, 2.24) is 0 Å². The third-order valence-electron chi connectivity index (χ3n) is 1.97. The molecule has 0 aliphatic rings. The van der Waals surface area contributed by atoms with Crippen molar-refractivity contribution >= 4 is 17.3 Å². The summed E-state index contributed by atoms with van der Waals surface area (Å²) in [4.78, 5) is 0. The number of hydrogen-bond acceptors (Lipinski definition) is 2. The molecule has 0 unspecified atom stereocenters. The van der Waals surface area contributed by atoms with E-state index in [1.54, 1.807) is 6.07 Å². The normalized spacial score (nSPS) is 10.2. The van der Waals surface area contributed by atoms with Crippen molar-refractivity contribution in [2.24, 2.45) is 0 Å². The predicted octanol–water partition coefficient (Wildman–Crippen LogP) is 4.15. The van der Waals surface area contributed by atoms with Crippen molar-refractivity contribution < 1.29 is 13.2 Å². The van der Waals surface area contributed by atoms with E-state index in [1.165, 1.54) is 6.92 Å². The number of rotatable bonds is 0. The lowest BCUT2D eigenvalue weighted by atomic mass is 10.0. The monoisotopic (exact) mass is 264 g/mol. The van der Waals surface area contributed by atoms with Crippen LogP contribution in [0, 0.1) is 18.3 Å². The number of anilines is 1. The Hall–Kier alpha value is -1.41.